The number of amides is 1. The molecule has 2 aromatic rings. The molecule has 2 N–H and O–H groups in total. The maximum absolute atomic E-state index is 12.1. The van der Waals surface area contributed by atoms with Gasteiger partial charge in [0.05, 0.1) is 10.5 Å². The smallest absolute Gasteiger partial charge is 0.235 e. The first-order chi connectivity index (χ1) is 11.9. The van der Waals surface area contributed by atoms with E-state index in [9.17, 15) is 13.2 Å². The minimum absolute atomic E-state index is 0.0392. The van der Waals surface area contributed by atoms with Crippen molar-refractivity contribution in [3.8, 4) is 6.07 Å². The number of rotatable bonds is 7. The van der Waals surface area contributed by atoms with Gasteiger partial charge in [0.15, 0.2) is 9.84 Å². The Morgan fingerprint density at radius 3 is 2.60 bits per heavy atom. The van der Waals surface area contributed by atoms with Crippen LogP contribution in [0.3, 0.4) is 0 Å². The Labute approximate surface area is 150 Å². The van der Waals surface area contributed by atoms with Gasteiger partial charge in [-0.05, 0) is 36.4 Å². The number of nitriles is 1. The van der Waals surface area contributed by atoms with Crippen molar-refractivity contribution >= 4 is 33.2 Å². The fraction of sp³-hybridized carbons (Fsp3) is 0.188. The first-order valence-electron chi connectivity index (χ1n) is 7.26. The number of pyridine rings is 1. The molecule has 25 heavy (non-hydrogen) atoms. The van der Waals surface area contributed by atoms with Crippen molar-refractivity contribution in [2.24, 2.45) is 0 Å². The van der Waals surface area contributed by atoms with Crippen molar-refractivity contribution in [2.75, 3.05) is 24.2 Å². The maximum atomic E-state index is 12.1. The third-order valence-electron chi connectivity index (χ3n) is 3.16. The van der Waals surface area contributed by atoms with E-state index in [4.69, 9.17) is 16.9 Å². The monoisotopic (exact) mass is 378 g/mol. The van der Waals surface area contributed by atoms with Crippen LogP contribution in [0.25, 0.3) is 0 Å². The summed E-state index contributed by atoms with van der Waals surface area (Å²) in [6.07, 6.45) is 1.54. The Hall–Kier alpha value is -2.63. The Morgan fingerprint density at radius 1 is 1.20 bits per heavy atom. The fourth-order valence-corrected chi connectivity index (χ4v) is 3.26. The number of benzene rings is 1. The van der Waals surface area contributed by atoms with E-state index in [1.807, 2.05) is 6.07 Å². The molecule has 0 unspecified atom stereocenters. The first kappa shape index (κ1) is 18.7. The molecule has 0 radical (unpaired) electrons. The molecule has 2 rings (SSSR count). The molecule has 1 amide bonds. The molecule has 0 saturated heterocycles. The van der Waals surface area contributed by atoms with Crippen LogP contribution in [0.4, 0.5) is 5.82 Å². The zero-order chi connectivity index (χ0) is 18.3. The molecule has 130 valence electrons. The third kappa shape index (κ3) is 5.45. The zero-order valence-corrected chi connectivity index (χ0v) is 14.6. The van der Waals surface area contributed by atoms with Crippen molar-refractivity contribution in [1.82, 2.24) is 10.3 Å². The van der Waals surface area contributed by atoms with E-state index in [1.165, 1.54) is 24.3 Å². The van der Waals surface area contributed by atoms with Crippen LogP contribution in [0.2, 0.25) is 5.02 Å². The molecule has 9 heteroatoms. The largest absolute Gasteiger partial charge is 0.367 e. The maximum Gasteiger partial charge on any atom is 0.235 e. The lowest BCUT2D eigenvalue weighted by Crippen LogP contribution is -2.33. The zero-order valence-electron chi connectivity index (χ0n) is 13.1. The number of carbonyl (C=O) groups is 1. The highest BCUT2D eigenvalue weighted by Gasteiger charge is 2.18. The van der Waals surface area contributed by atoms with Gasteiger partial charge in [0.2, 0.25) is 5.91 Å². The first-order valence-corrected chi connectivity index (χ1v) is 9.29. The Balaban J connectivity index is 1.83. The van der Waals surface area contributed by atoms with Gasteiger partial charge in [0.1, 0.15) is 17.6 Å². The van der Waals surface area contributed by atoms with Crippen LogP contribution in [0.5, 0.6) is 0 Å². The van der Waals surface area contributed by atoms with E-state index in [0.717, 1.165) is 0 Å². The van der Waals surface area contributed by atoms with Crippen LogP contribution in [-0.4, -0.2) is 38.2 Å². The van der Waals surface area contributed by atoms with Gasteiger partial charge in [-0.25, -0.2) is 13.4 Å². The summed E-state index contributed by atoms with van der Waals surface area (Å²) in [5.74, 6) is -0.854. The van der Waals surface area contributed by atoms with Crippen molar-refractivity contribution in [3.05, 3.63) is 53.2 Å². The van der Waals surface area contributed by atoms with E-state index in [-0.39, 0.29) is 11.4 Å². The summed E-state index contributed by atoms with van der Waals surface area (Å²) in [4.78, 5) is 15.9. The highest BCUT2D eigenvalue weighted by atomic mass is 35.5. The molecular weight excluding hydrogens is 364 g/mol. The summed E-state index contributed by atoms with van der Waals surface area (Å²) >= 11 is 5.72. The summed E-state index contributed by atoms with van der Waals surface area (Å²) in [7, 11) is -3.72. The molecule has 7 nitrogen and oxygen atoms in total. The van der Waals surface area contributed by atoms with Crippen LogP contribution in [-0.2, 0) is 14.6 Å². The minimum Gasteiger partial charge on any atom is -0.367 e. The van der Waals surface area contributed by atoms with E-state index >= 15 is 0 Å². The van der Waals surface area contributed by atoms with Gasteiger partial charge >= 0.3 is 0 Å². The molecule has 0 spiro atoms. The molecule has 0 bridgehead atoms. The average Bonchev–Trinajstić information content (AvgIpc) is 2.59. The average molecular weight is 379 g/mol. The SMILES string of the molecule is N#Cc1cccnc1NCCNC(=O)CS(=O)(=O)c1ccc(Cl)cc1. The van der Waals surface area contributed by atoms with Crippen LogP contribution < -0.4 is 10.6 Å². The Bertz CT molecular complexity index is 892. The number of halogens is 1. The van der Waals surface area contributed by atoms with Gasteiger partial charge in [-0.15, -0.1) is 0 Å². The van der Waals surface area contributed by atoms with Crippen LogP contribution in [0.15, 0.2) is 47.5 Å². The summed E-state index contributed by atoms with van der Waals surface area (Å²) < 4.78 is 24.3. The second-order valence-corrected chi connectivity index (χ2v) is 7.43. The molecule has 0 fully saturated rings. The molecule has 1 aromatic heterocycles. The topological polar surface area (TPSA) is 112 Å². The Kier molecular flexibility index (Phi) is 6.33. The van der Waals surface area contributed by atoms with Gasteiger partial charge in [0.25, 0.3) is 0 Å². The molecule has 0 aliphatic rings. The lowest BCUT2D eigenvalue weighted by atomic mass is 10.3. The van der Waals surface area contributed by atoms with Gasteiger partial charge in [-0.1, -0.05) is 11.6 Å². The van der Waals surface area contributed by atoms with E-state index in [0.29, 0.717) is 22.9 Å². The summed E-state index contributed by atoms with van der Waals surface area (Å²) in [6.45, 7) is 0.495. The number of sulfone groups is 1. The summed E-state index contributed by atoms with van der Waals surface area (Å²) in [5.41, 5.74) is 0.388. The molecule has 1 aromatic carbocycles. The minimum atomic E-state index is -3.72. The lowest BCUT2D eigenvalue weighted by Gasteiger charge is -2.09. The number of nitrogens with zero attached hydrogens (tertiary/aromatic N) is 2. The predicted molar refractivity (Wildman–Crippen MR) is 94.0 cm³/mol. The predicted octanol–water partition coefficient (Wildman–Crippen LogP) is 1.61. The number of carbonyl (C=O) groups excluding carboxylic acids is 1. The van der Waals surface area contributed by atoms with Crippen LogP contribution in [0, 0.1) is 11.3 Å². The fourth-order valence-electron chi connectivity index (χ4n) is 1.97. The molecule has 0 aliphatic carbocycles. The Morgan fingerprint density at radius 2 is 1.92 bits per heavy atom. The molecule has 0 saturated carbocycles. The highest BCUT2D eigenvalue weighted by molar-refractivity contribution is 7.92. The number of hydrogen-bond acceptors (Lipinski definition) is 6. The standard InChI is InChI=1S/C16H15ClN4O3S/c17-13-3-5-14(6-4-13)25(23,24)11-15(22)19-8-9-21-16-12(10-18)2-1-7-20-16/h1-7H,8-9,11H2,(H,19,22)(H,20,21). The van der Waals surface area contributed by atoms with E-state index in [2.05, 4.69) is 15.6 Å². The number of anilines is 1. The van der Waals surface area contributed by atoms with Crippen molar-refractivity contribution in [3.63, 3.8) is 0 Å². The number of nitrogens with one attached hydrogen (secondary N) is 2. The summed E-state index contributed by atoms with van der Waals surface area (Å²) in [5, 5.41) is 14.8. The molecule has 0 atom stereocenters. The van der Waals surface area contributed by atoms with Gasteiger partial charge < -0.3 is 10.6 Å². The third-order valence-corrected chi connectivity index (χ3v) is 5.05. The van der Waals surface area contributed by atoms with Gasteiger partial charge in [-0.2, -0.15) is 5.26 Å². The normalized spacial score (nSPS) is 10.7. The molecular formula is C16H15ClN4O3S. The van der Waals surface area contributed by atoms with Crippen LogP contribution >= 0.6 is 11.6 Å². The van der Waals surface area contributed by atoms with Gasteiger partial charge in [0, 0.05) is 24.3 Å². The molecule has 1 heterocycles. The van der Waals surface area contributed by atoms with Crippen molar-refractivity contribution in [1.29, 1.82) is 5.26 Å². The van der Waals surface area contributed by atoms with Crippen molar-refractivity contribution < 1.29 is 13.2 Å². The van der Waals surface area contributed by atoms with Gasteiger partial charge in [-0.3, -0.25) is 4.79 Å². The number of aromatic nitrogens is 1. The van der Waals surface area contributed by atoms with Crippen molar-refractivity contribution in [2.45, 2.75) is 4.90 Å². The highest BCUT2D eigenvalue weighted by Crippen LogP contribution is 2.15. The second-order valence-electron chi connectivity index (χ2n) is 5.00. The van der Waals surface area contributed by atoms with E-state index < -0.39 is 21.5 Å². The number of hydrogen-bond donors (Lipinski definition) is 2. The second kappa shape index (κ2) is 8.46. The summed E-state index contributed by atoms with van der Waals surface area (Å²) in [6, 6.07) is 10.9. The lowest BCUT2D eigenvalue weighted by molar-refractivity contribution is -0.118. The quantitative estimate of drug-likeness (QED) is 0.708. The van der Waals surface area contributed by atoms with E-state index in [1.54, 1.807) is 18.3 Å². The van der Waals surface area contributed by atoms with Crippen LogP contribution in [0.1, 0.15) is 5.56 Å². The molecule has 0 aliphatic heterocycles.